The van der Waals surface area contributed by atoms with Crippen LogP contribution in [-0.4, -0.2) is 46.3 Å². The molecular weight excluding hydrogens is 453 g/mol. The molecule has 34 heavy (non-hydrogen) atoms. The lowest BCUT2D eigenvalue weighted by molar-refractivity contribution is -0.127. The zero-order chi connectivity index (χ0) is 23.9. The van der Waals surface area contributed by atoms with Gasteiger partial charge in [0.15, 0.2) is 0 Å². The first-order valence-corrected chi connectivity index (χ1v) is 14.0. The van der Waals surface area contributed by atoms with Gasteiger partial charge >= 0.3 is 0 Å². The molecule has 0 unspecified atom stereocenters. The zero-order valence-corrected chi connectivity index (χ0v) is 20.4. The molecule has 1 aliphatic carbocycles. The number of benzene rings is 2. The first-order chi connectivity index (χ1) is 16.2. The second-order valence-electron chi connectivity index (χ2n) is 10.1. The zero-order valence-electron chi connectivity index (χ0n) is 19.5. The summed E-state index contributed by atoms with van der Waals surface area (Å²) in [5.41, 5.74) is 2.72. The molecule has 2 fully saturated rings. The maximum Gasteiger partial charge on any atom is 0.232 e. The Morgan fingerprint density at radius 1 is 1.00 bits per heavy atom. The average Bonchev–Trinajstić information content (AvgIpc) is 3.15. The number of nitrogens with zero attached hydrogens (tertiary/aromatic N) is 2. The molecule has 0 aromatic heterocycles. The molecular formula is C26H32FN3O3S. The molecule has 6 nitrogen and oxygen atoms in total. The van der Waals surface area contributed by atoms with Gasteiger partial charge in [-0.25, -0.2) is 12.8 Å². The Balaban J connectivity index is 1.17. The second-order valence-corrected chi connectivity index (χ2v) is 12.0. The van der Waals surface area contributed by atoms with E-state index in [0.717, 1.165) is 68.6 Å². The molecule has 2 aromatic rings. The van der Waals surface area contributed by atoms with E-state index in [0.29, 0.717) is 6.54 Å². The first kappa shape index (κ1) is 23.1. The molecule has 2 aliphatic heterocycles. The molecule has 8 heteroatoms. The van der Waals surface area contributed by atoms with E-state index in [-0.39, 0.29) is 29.1 Å². The molecule has 1 saturated carbocycles. The largest absolute Gasteiger partial charge is 0.371 e. The van der Waals surface area contributed by atoms with Crippen LogP contribution in [0.3, 0.4) is 0 Å². The predicted molar refractivity (Wildman–Crippen MR) is 132 cm³/mol. The fraction of sp³-hybridized carbons (Fsp3) is 0.500. The number of para-hydroxylation sites is 1. The lowest BCUT2D eigenvalue weighted by atomic mass is 9.67. The van der Waals surface area contributed by atoms with E-state index in [1.165, 1.54) is 22.7 Å². The second kappa shape index (κ2) is 8.87. The van der Waals surface area contributed by atoms with Gasteiger partial charge in [-0.05, 0) is 74.4 Å². The highest BCUT2D eigenvalue weighted by Crippen LogP contribution is 2.50. The van der Waals surface area contributed by atoms with Crippen LogP contribution < -0.4 is 14.5 Å². The minimum Gasteiger partial charge on any atom is -0.371 e. The molecule has 1 spiro atoms. The van der Waals surface area contributed by atoms with Crippen molar-refractivity contribution in [2.24, 2.45) is 5.92 Å². The van der Waals surface area contributed by atoms with Crippen LogP contribution in [0, 0.1) is 11.7 Å². The van der Waals surface area contributed by atoms with Gasteiger partial charge in [-0.15, -0.1) is 0 Å². The van der Waals surface area contributed by atoms with Gasteiger partial charge in [-0.1, -0.05) is 18.2 Å². The van der Waals surface area contributed by atoms with Crippen molar-refractivity contribution in [3.63, 3.8) is 0 Å². The molecule has 0 radical (unpaired) electrons. The maximum atomic E-state index is 13.2. The summed E-state index contributed by atoms with van der Waals surface area (Å²) in [7, 11) is -3.34. The lowest BCUT2D eigenvalue weighted by Gasteiger charge is -2.38. The van der Waals surface area contributed by atoms with Crippen molar-refractivity contribution in [2.45, 2.75) is 50.0 Å². The normalized spacial score (nSPS) is 25.4. The van der Waals surface area contributed by atoms with Crippen molar-refractivity contribution in [2.75, 3.05) is 35.1 Å². The fourth-order valence-electron chi connectivity index (χ4n) is 5.99. The monoisotopic (exact) mass is 485 g/mol. The number of amides is 1. The van der Waals surface area contributed by atoms with E-state index in [9.17, 15) is 17.6 Å². The summed E-state index contributed by atoms with van der Waals surface area (Å²) in [5.74, 6) is -0.133. The number of rotatable bonds is 4. The Hall–Kier alpha value is -2.61. The number of halogens is 1. The molecule has 1 saturated heterocycles. The Kier molecular flexibility index (Phi) is 6.04. The Morgan fingerprint density at radius 3 is 2.29 bits per heavy atom. The van der Waals surface area contributed by atoms with E-state index in [1.54, 1.807) is 12.1 Å². The quantitative estimate of drug-likeness (QED) is 0.715. The van der Waals surface area contributed by atoms with Crippen LogP contribution in [-0.2, 0) is 20.2 Å². The Morgan fingerprint density at radius 2 is 1.65 bits per heavy atom. The SMILES string of the molecule is CS(=O)(=O)N1C[C@]2(CC[C@@H](C(=O)NC3CCN(c4ccc(F)cc4)CC3)CC2)c2ccccc21. The maximum absolute atomic E-state index is 13.2. The van der Waals surface area contributed by atoms with Crippen LogP contribution in [0.4, 0.5) is 15.8 Å². The predicted octanol–water partition coefficient (Wildman–Crippen LogP) is 3.82. The van der Waals surface area contributed by atoms with Crippen molar-refractivity contribution in [3.05, 3.63) is 59.9 Å². The standard InChI is InChI=1S/C26H32FN3O3S/c1-34(32,33)30-18-26(23-4-2-3-5-24(23)30)14-10-19(11-15-26)25(31)28-21-12-16-29(17-13-21)22-8-6-20(27)7-9-22/h2-9,19,21H,10-18H2,1H3,(H,28,31)/t19-,26-. The van der Waals surface area contributed by atoms with E-state index < -0.39 is 10.0 Å². The van der Waals surface area contributed by atoms with Crippen LogP contribution in [0.1, 0.15) is 44.1 Å². The third-order valence-electron chi connectivity index (χ3n) is 7.94. The number of fused-ring (bicyclic) bond motifs is 2. The summed E-state index contributed by atoms with van der Waals surface area (Å²) in [6.07, 6.45) is 6.18. The number of sulfonamides is 1. The highest BCUT2D eigenvalue weighted by atomic mass is 32.2. The van der Waals surface area contributed by atoms with Crippen molar-refractivity contribution in [1.29, 1.82) is 0 Å². The van der Waals surface area contributed by atoms with Gasteiger partial charge in [0.2, 0.25) is 15.9 Å². The highest BCUT2D eigenvalue weighted by Gasteiger charge is 2.48. The van der Waals surface area contributed by atoms with Gasteiger partial charge in [0.25, 0.3) is 0 Å². The third-order valence-corrected chi connectivity index (χ3v) is 9.06. The third kappa shape index (κ3) is 4.40. The van der Waals surface area contributed by atoms with Crippen molar-refractivity contribution in [1.82, 2.24) is 5.32 Å². The summed E-state index contributed by atoms with van der Waals surface area (Å²) in [4.78, 5) is 15.3. The molecule has 0 atom stereocenters. The number of piperidine rings is 1. The molecule has 3 aliphatic rings. The molecule has 2 aromatic carbocycles. The summed E-state index contributed by atoms with van der Waals surface area (Å²) < 4.78 is 39.5. The molecule has 5 rings (SSSR count). The average molecular weight is 486 g/mol. The van der Waals surface area contributed by atoms with Crippen molar-refractivity contribution >= 4 is 27.3 Å². The van der Waals surface area contributed by atoms with Crippen LogP contribution >= 0.6 is 0 Å². The van der Waals surface area contributed by atoms with Gasteiger partial charge < -0.3 is 10.2 Å². The molecule has 1 N–H and O–H groups in total. The molecule has 1 amide bonds. The summed E-state index contributed by atoms with van der Waals surface area (Å²) >= 11 is 0. The fourth-order valence-corrected chi connectivity index (χ4v) is 6.99. The van der Waals surface area contributed by atoms with E-state index in [1.807, 2.05) is 18.2 Å². The lowest BCUT2D eigenvalue weighted by Crippen LogP contribution is -2.48. The number of carbonyl (C=O) groups excluding carboxylic acids is 1. The smallest absolute Gasteiger partial charge is 0.232 e. The number of nitrogens with one attached hydrogen (secondary N) is 1. The first-order valence-electron chi connectivity index (χ1n) is 12.1. The summed E-state index contributed by atoms with van der Waals surface area (Å²) in [6.45, 7) is 2.15. The van der Waals surface area contributed by atoms with Crippen molar-refractivity contribution in [3.8, 4) is 0 Å². The van der Waals surface area contributed by atoms with Crippen LogP contribution in [0.5, 0.6) is 0 Å². The summed E-state index contributed by atoms with van der Waals surface area (Å²) in [5, 5.41) is 3.27. The van der Waals surface area contributed by atoms with Gasteiger partial charge in [0.05, 0.1) is 11.9 Å². The van der Waals surface area contributed by atoms with Crippen LogP contribution in [0.2, 0.25) is 0 Å². The Labute approximate surface area is 201 Å². The van der Waals surface area contributed by atoms with Crippen LogP contribution in [0.25, 0.3) is 0 Å². The highest BCUT2D eigenvalue weighted by molar-refractivity contribution is 7.92. The van der Waals surface area contributed by atoms with Gasteiger partial charge in [-0.2, -0.15) is 0 Å². The van der Waals surface area contributed by atoms with E-state index in [4.69, 9.17) is 0 Å². The van der Waals surface area contributed by atoms with Gasteiger partial charge in [0, 0.05) is 42.7 Å². The number of hydrogen-bond donors (Lipinski definition) is 1. The minimum atomic E-state index is -3.34. The molecule has 182 valence electrons. The number of anilines is 2. The van der Waals surface area contributed by atoms with E-state index in [2.05, 4.69) is 16.3 Å². The van der Waals surface area contributed by atoms with E-state index >= 15 is 0 Å². The molecule has 2 heterocycles. The van der Waals surface area contributed by atoms with Crippen molar-refractivity contribution < 1.29 is 17.6 Å². The molecule has 0 bridgehead atoms. The Bertz CT molecular complexity index is 1150. The van der Waals surface area contributed by atoms with Crippen LogP contribution in [0.15, 0.2) is 48.5 Å². The van der Waals surface area contributed by atoms with Gasteiger partial charge in [0.1, 0.15) is 5.82 Å². The minimum absolute atomic E-state index is 0.0276. The number of hydrogen-bond acceptors (Lipinski definition) is 4. The number of carbonyl (C=O) groups is 1. The topological polar surface area (TPSA) is 69.7 Å². The van der Waals surface area contributed by atoms with Gasteiger partial charge in [-0.3, -0.25) is 9.10 Å². The summed E-state index contributed by atoms with van der Waals surface area (Å²) in [6, 6.07) is 14.5.